The van der Waals surface area contributed by atoms with Gasteiger partial charge < -0.3 is 19.7 Å². The SMILES string of the molecule is CN=C(NCC(C)c1ccc(F)c(F)c1)N1CCOC(C2CCCO2)C1.I. The zero-order valence-electron chi connectivity index (χ0n) is 15.8. The quantitative estimate of drug-likeness (QED) is 0.396. The average molecular weight is 495 g/mol. The average Bonchev–Trinajstić information content (AvgIpc) is 3.19. The Morgan fingerprint density at radius 1 is 1.26 bits per heavy atom. The predicted molar refractivity (Wildman–Crippen MR) is 112 cm³/mol. The van der Waals surface area contributed by atoms with Gasteiger partial charge in [-0.1, -0.05) is 13.0 Å². The highest BCUT2D eigenvalue weighted by atomic mass is 127. The Hall–Kier alpha value is -1.00. The molecular formula is C19H28F2IN3O2. The molecule has 2 aliphatic rings. The van der Waals surface area contributed by atoms with Gasteiger partial charge >= 0.3 is 0 Å². The Morgan fingerprint density at radius 2 is 2.04 bits per heavy atom. The molecule has 2 fully saturated rings. The summed E-state index contributed by atoms with van der Waals surface area (Å²) in [6.07, 6.45) is 2.35. The first-order valence-corrected chi connectivity index (χ1v) is 9.22. The van der Waals surface area contributed by atoms with E-state index in [4.69, 9.17) is 9.47 Å². The fourth-order valence-corrected chi connectivity index (χ4v) is 3.50. The third kappa shape index (κ3) is 5.74. The van der Waals surface area contributed by atoms with Crippen LogP contribution < -0.4 is 5.32 Å². The van der Waals surface area contributed by atoms with Gasteiger partial charge in [-0.3, -0.25) is 4.99 Å². The van der Waals surface area contributed by atoms with Crippen molar-refractivity contribution in [2.75, 3.05) is 39.9 Å². The summed E-state index contributed by atoms with van der Waals surface area (Å²) < 4.78 is 38.2. The number of hydrogen-bond donors (Lipinski definition) is 1. The molecule has 2 heterocycles. The van der Waals surface area contributed by atoms with Crippen LogP contribution in [0.15, 0.2) is 23.2 Å². The fourth-order valence-electron chi connectivity index (χ4n) is 3.50. The van der Waals surface area contributed by atoms with Crippen LogP contribution in [0.25, 0.3) is 0 Å². The first kappa shape index (κ1) is 22.3. The number of halogens is 3. The molecule has 3 rings (SSSR count). The van der Waals surface area contributed by atoms with Crippen LogP contribution in [0.1, 0.15) is 31.2 Å². The largest absolute Gasteiger partial charge is 0.375 e. The first-order chi connectivity index (χ1) is 12.6. The third-order valence-electron chi connectivity index (χ3n) is 5.06. The molecule has 1 aromatic carbocycles. The summed E-state index contributed by atoms with van der Waals surface area (Å²) in [5.41, 5.74) is 0.756. The Morgan fingerprint density at radius 3 is 2.70 bits per heavy atom. The number of guanidine groups is 1. The van der Waals surface area contributed by atoms with Crippen LogP contribution in [0.4, 0.5) is 8.78 Å². The van der Waals surface area contributed by atoms with Crippen LogP contribution in [0, 0.1) is 11.6 Å². The minimum atomic E-state index is -0.821. The van der Waals surface area contributed by atoms with Crippen LogP contribution in [0.5, 0.6) is 0 Å². The van der Waals surface area contributed by atoms with Crippen molar-refractivity contribution in [3.05, 3.63) is 35.4 Å². The summed E-state index contributed by atoms with van der Waals surface area (Å²) >= 11 is 0. The molecule has 0 aliphatic carbocycles. The predicted octanol–water partition coefficient (Wildman–Crippen LogP) is 3.14. The molecule has 0 radical (unpaired) electrons. The Kier molecular flexibility index (Phi) is 8.68. The van der Waals surface area contributed by atoms with E-state index in [9.17, 15) is 8.78 Å². The van der Waals surface area contributed by atoms with E-state index in [0.717, 1.165) is 44.1 Å². The van der Waals surface area contributed by atoms with Gasteiger partial charge in [0.05, 0.1) is 12.7 Å². The molecule has 2 saturated heterocycles. The lowest BCUT2D eigenvalue weighted by Crippen LogP contribution is -2.53. The molecule has 1 N–H and O–H groups in total. The summed E-state index contributed by atoms with van der Waals surface area (Å²) in [5.74, 6) is -0.813. The number of ether oxygens (including phenoxy) is 2. The maximum atomic E-state index is 13.4. The number of rotatable bonds is 4. The first-order valence-electron chi connectivity index (χ1n) is 9.22. The molecule has 3 atom stereocenters. The van der Waals surface area contributed by atoms with Gasteiger partial charge in [0.1, 0.15) is 6.10 Å². The highest BCUT2D eigenvalue weighted by Gasteiger charge is 2.32. The molecule has 0 bridgehead atoms. The van der Waals surface area contributed by atoms with E-state index in [1.54, 1.807) is 13.1 Å². The number of hydrogen-bond acceptors (Lipinski definition) is 3. The minimum absolute atomic E-state index is 0. The van der Waals surface area contributed by atoms with Crippen LogP contribution in [-0.2, 0) is 9.47 Å². The van der Waals surface area contributed by atoms with Crippen molar-refractivity contribution < 1.29 is 18.3 Å². The van der Waals surface area contributed by atoms with Crippen molar-refractivity contribution in [1.82, 2.24) is 10.2 Å². The highest BCUT2D eigenvalue weighted by molar-refractivity contribution is 14.0. The lowest BCUT2D eigenvalue weighted by Gasteiger charge is -2.37. The Bertz CT molecular complexity index is 641. The van der Waals surface area contributed by atoms with Gasteiger partial charge in [0, 0.05) is 33.3 Å². The summed E-state index contributed by atoms with van der Waals surface area (Å²) in [4.78, 5) is 6.55. The molecule has 8 heteroatoms. The van der Waals surface area contributed by atoms with E-state index in [-0.39, 0.29) is 42.1 Å². The van der Waals surface area contributed by atoms with E-state index in [1.165, 1.54) is 12.1 Å². The summed E-state index contributed by atoms with van der Waals surface area (Å²) in [5, 5.41) is 3.35. The molecule has 2 aliphatic heterocycles. The van der Waals surface area contributed by atoms with Crippen LogP contribution in [0.3, 0.4) is 0 Å². The summed E-state index contributed by atoms with van der Waals surface area (Å²) in [6.45, 7) is 5.51. The third-order valence-corrected chi connectivity index (χ3v) is 5.06. The smallest absolute Gasteiger partial charge is 0.193 e. The zero-order chi connectivity index (χ0) is 18.5. The monoisotopic (exact) mass is 495 g/mol. The molecule has 5 nitrogen and oxygen atoms in total. The van der Waals surface area contributed by atoms with Gasteiger partial charge in [-0.25, -0.2) is 8.78 Å². The van der Waals surface area contributed by atoms with Gasteiger partial charge in [0.15, 0.2) is 17.6 Å². The van der Waals surface area contributed by atoms with Crippen molar-refractivity contribution in [2.45, 2.75) is 37.9 Å². The lowest BCUT2D eigenvalue weighted by atomic mass is 10.0. The maximum absolute atomic E-state index is 13.4. The maximum Gasteiger partial charge on any atom is 0.193 e. The van der Waals surface area contributed by atoms with Gasteiger partial charge in [0.25, 0.3) is 0 Å². The second-order valence-corrected chi connectivity index (χ2v) is 6.91. The van der Waals surface area contributed by atoms with E-state index < -0.39 is 11.6 Å². The van der Waals surface area contributed by atoms with E-state index >= 15 is 0 Å². The van der Waals surface area contributed by atoms with Crippen LogP contribution >= 0.6 is 24.0 Å². The number of morpholine rings is 1. The van der Waals surface area contributed by atoms with Gasteiger partial charge in [-0.15, -0.1) is 24.0 Å². The Balaban J connectivity index is 0.00000261. The van der Waals surface area contributed by atoms with Crippen molar-refractivity contribution in [2.24, 2.45) is 4.99 Å². The van der Waals surface area contributed by atoms with E-state index in [1.807, 2.05) is 6.92 Å². The van der Waals surface area contributed by atoms with Gasteiger partial charge in [0.2, 0.25) is 0 Å². The van der Waals surface area contributed by atoms with E-state index in [2.05, 4.69) is 15.2 Å². The van der Waals surface area contributed by atoms with Crippen LogP contribution in [0.2, 0.25) is 0 Å². The number of aliphatic imine (C=N–C) groups is 1. The normalized spacial score (nSPS) is 24.4. The summed E-state index contributed by atoms with van der Waals surface area (Å²) in [6, 6.07) is 4.05. The van der Waals surface area contributed by atoms with Crippen molar-refractivity contribution in [3.63, 3.8) is 0 Å². The molecule has 0 spiro atoms. The standard InChI is InChI=1S/C19H27F2N3O2.HI/c1-13(14-5-6-15(20)16(21)10-14)11-23-19(22-2)24-7-9-26-18(12-24)17-4-3-8-25-17;/h5-6,10,13,17-18H,3-4,7-9,11-12H2,1-2H3,(H,22,23);1H. The Labute approximate surface area is 176 Å². The molecule has 0 saturated carbocycles. The number of nitrogens with one attached hydrogen (secondary N) is 1. The van der Waals surface area contributed by atoms with Gasteiger partial charge in [-0.05, 0) is 36.5 Å². The number of benzene rings is 1. The molecule has 0 amide bonds. The molecule has 1 aromatic rings. The van der Waals surface area contributed by atoms with Crippen molar-refractivity contribution >= 4 is 29.9 Å². The fraction of sp³-hybridized carbons (Fsp3) is 0.632. The lowest BCUT2D eigenvalue weighted by molar-refractivity contribution is -0.0817. The molecule has 3 unspecified atom stereocenters. The zero-order valence-corrected chi connectivity index (χ0v) is 18.1. The second-order valence-electron chi connectivity index (χ2n) is 6.91. The molecule has 27 heavy (non-hydrogen) atoms. The highest BCUT2D eigenvalue weighted by Crippen LogP contribution is 2.21. The van der Waals surface area contributed by atoms with Gasteiger partial charge in [-0.2, -0.15) is 0 Å². The molecule has 152 valence electrons. The van der Waals surface area contributed by atoms with Crippen molar-refractivity contribution in [3.8, 4) is 0 Å². The van der Waals surface area contributed by atoms with Crippen LogP contribution in [-0.4, -0.2) is 63.0 Å². The summed E-state index contributed by atoms with van der Waals surface area (Å²) in [7, 11) is 1.75. The molecular weight excluding hydrogens is 467 g/mol. The minimum Gasteiger partial charge on any atom is -0.375 e. The topological polar surface area (TPSA) is 46.1 Å². The van der Waals surface area contributed by atoms with E-state index in [0.29, 0.717) is 13.2 Å². The van der Waals surface area contributed by atoms with Crippen molar-refractivity contribution in [1.29, 1.82) is 0 Å². The molecule has 0 aromatic heterocycles. The number of nitrogens with zero attached hydrogens (tertiary/aromatic N) is 2. The second kappa shape index (κ2) is 10.5.